The fraction of sp³-hybridized carbons (Fsp3) is 0.263. The van der Waals surface area contributed by atoms with Gasteiger partial charge in [0, 0.05) is 5.56 Å². The first-order valence-corrected chi connectivity index (χ1v) is 7.81. The summed E-state index contributed by atoms with van der Waals surface area (Å²) in [6.45, 7) is 1.91. The molecule has 0 N–H and O–H groups in total. The van der Waals surface area contributed by atoms with Gasteiger partial charge in [0.2, 0.25) is 0 Å². The van der Waals surface area contributed by atoms with E-state index in [9.17, 15) is 18.4 Å². The predicted octanol–water partition coefficient (Wildman–Crippen LogP) is 3.88. The number of ether oxygens (including phenoxy) is 2. The summed E-state index contributed by atoms with van der Waals surface area (Å²) in [5.41, 5.74) is 0.351. The minimum absolute atomic E-state index is 0.0765. The fourth-order valence-corrected chi connectivity index (χ4v) is 2.02. The van der Waals surface area contributed by atoms with Crippen molar-refractivity contribution in [3.63, 3.8) is 0 Å². The Labute approximate surface area is 144 Å². The SMILES string of the molecule is CCCOC(=O)C(=O)C(F)(F)c1ccc(OCc2ccccc2)cc1. The van der Waals surface area contributed by atoms with E-state index in [0.29, 0.717) is 18.8 Å². The van der Waals surface area contributed by atoms with Crippen LogP contribution in [-0.4, -0.2) is 18.4 Å². The zero-order chi connectivity index (χ0) is 18.3. The van der Waals surface area contributed by atoms with Crippen LogP contribution in [0.25, 0.3) is 0 Å². The Kier molecular flexibility index (Phi) is 6.22. The second kappa shape index (κ2) is 8.37. The van der Waals surface area contributed by atoms with Crippen molar-refractivity contribution in [2.45, 2.75) is 25.9 Å². The number of alkyl halides is 2. The van der Waals surface area contributed by atoms with Crippen molar-refractivity contribution < 1.29 is 27.8 Å². The molecule has 0 amide bonds. The van der Waals surface area contributed by atoms with Crippen LogP contribution in [0.2, 0.25) is 0 Å². The summed E-state index contributed by atoms with van der Waals surface area (Å²) in [5.74, 6) is -6.97. The maximum absolute atomic E-state index is 14.1. The van der Waals surface area contributed by atoms with Gasteiger partial charge in [0.25, 0.3) is 0 Å². The molecule has 2 aromatic rings. The summed E-state index contributed by atoms with van der Waals surface area (Å²) < 4.78 is 38.2. The van der Waals surface area contributed by atoms with Crippen LogP contribution in [0, 0.1) is 0 Å². The largest absolute Gasteiger partial charge is 0.489 e. The first-order chi connectivity index (χ1) is 11.9. The second-order valence-corrected chi connectivity index (χ2v) is 5.34. The zero-order valence-corrected chi connectivity index (χ0v) is 13.7. The van der Waals surface area contributed by atoms with Crippen LogP contribution in [-0.2, 0) is 26.9 Å². The van der Waals surface area contributed by atoms with Gasteiger partial charge in [0.15, 0.2) is 0 Å². The van der Waals surface area contributed by atoms with Gasteiger partial charge in [-0.25, -0.2) is 4.79 Å². The van der Waals surface area contributed by atoms with Crippen LogP contribution < -0.4 is 4.74 Å². The first-order valence-electron chi connectivity index (χ1n) is 7.81. The molecule has 6 heteroatoms. The summed E-state index contributed by atoms with van der Waals surface area (Å²) in [6.07, 6.45) is 0.443. The average Bonchev–Trinajstić information content (AvgIpc) is 2.65. The molecule has 0 saturated carbocycles. The van der Waals surface area contributed by atoms with E-state index in [2.05, 4.69) is 4.74 Å². The molecule has 0 aliphatic rings. The lowest BCUT2D eigenvalue weighted by molar-refractivity contribution is -0.166. The van der Waals surface area contributed by atoms with Gasteiger partial charge in [-0.2, -0.15) is 8.78 Å². The molecule has 0 heterocycles. The highest BCUT2D eigenvalue weighted by molar-refractivity contribution is 6.36. The van der Waals surface area contributed by atoms with Crippen molar-refractivity contribution >= 4 is 11.8 Å². The fourth-order valence-electron chi connectivity index (χ4n) is 2.02. The maximum atomic E-state index is 14.1. The van der Waals surface area contributed by atoms with Gasteiger partial charge in [0.05, 0.1) is 6.61 Å². The van der Waals surface area contributed by atoms with Crippen molar-refractivity contribution in [2.24, 2.45) is 0 Å². The van der Waals surface area contributed by atoms with Gasteiger partial charge in [-0.1, -0.05) is 37.3 Å². The third kappa shape index (κ3) is 4.86. The van der Waals surface area contributed by atoms with Gasteiger partial charge in [-0.05, 0) is 36.2 Å². The Bertz CT molecular complexity index is 712. The minimum atomic E-state index is -3.94. The molecule has 4 nitrogen and oxygen atoms in total. The Morgan fingerprint density at radius 3 is 2.24 bits per heavy atom. The average molecular weight is 348 g/mol. The number of benzene rings is 2. The number of carbonyl (C=O) groups excluding carboxylic acids is 2. The van der Waals surface area contributed by atoms with E-state index < -0.39 is 23.2 Å². The van der Waals surface area contributed by atoms with E-state index >= 15 is 0 Å². The standard InChI is InChI=1S/C19H18F2O4/c1-2-12-24-18(23)17(22)19(20,21)15-8-10-16(11-9-15)25-13-14-6-4-3-5-7-14/h3-11H,2,12-13H2,1H3. The topological polar surface area (TPSA) is 52.6 Å². The Balaban J connectivity index is 2.02. The predicted molar refractivity (Wildman–Crippen MR) is 87.4 cm³/mol. The number of hydrogen-bond acceptors (Lipinski definition) is 4. The van der Waals surface area contributed by atoms with E-state index in [1.807, 2.05) is 30.3 Å². The van der Waals surface area contributed by atoms with Crippen molar-refractivity contribution in [2.75, 3.05) is 6.61 Å². The normalized spacial score (nSPS) is 11.0. The van der Waals surface area contributed by atoms with Crippen LogP contribution in [0.4, 0.5) is 8.78 Å². The number of rotatable bonds is 8. The number of halogens is 2. The second-order valence-electron chi connectivity index (χ2n) is 5.34. The Morgan fingerprint density at radius 1 is 1.00 bits per heavy atom. The Hall–Kier alpha value is -2.76. The molecule has 0 aromatic heterocycles. The molecular weight excluding hydrogens is 330 g/mol. The number of esters is 1. The lowest BCUT2D eigenvalue weighted by atomic mass is 10.0. The van der Waals surface area contributed by atoms with Crippen LogP contribution in [0.15, 0.2) is 54.6 Å². The quantitative estimate of drug-likeness (QED) is 0.537. The van der Waals surface area contributed by atoms with Crippen molar-refractivity contribution in [3.8, 4) is 5.75 Å². The van der Waals surface area contributed by atoms with Gasteiger partial charge in [-0.3, -0.25) is 4.79 Å². The minimum Gasteiger partial charge on any atom is -0.489 e. The summed E-state index contributed by atoms with van der Waals surface area (Å²) in [5, 5.41) is 0. The molecule has 0 saturated heterocycles. The highest BCUT2D eigenvalue weighted by Gasteiger charge is 2.45. The van der Waals surface area contributed by atoms with Crippen LogP contribution in [0.5, 0.6) is 5.75 Å². The third-order valence-corrected chi connectivity index (χ3v) is 3.37. The molecule has 25 heavy (non-hydrogen) atoms. The van der Waals surface area contributed by atoms with Crippen molar-refractivity contribution in [3.05, 3.63) is 65.7 Å². The summed E-state index contributed by atoms with van der Waals surface area (Å²) >= 11 is 0. The molecule has 0 spiro atoms. The molecule has 0 aliphatic heterocycles. The van der Waals surface area contributed by atoms with E-state index in [-0.39, 0.29) is 6.61 Å². The highest BCUT2D eigenvalue weighted by atomic mass is 19.3. The number of hydrogen-bond donors (Lipinski definition) is 0. The van der Waals surface area contributed by atoms with Crippen LogP contribution in [0.1, 0.15) is 24.5 Å². The van der Waals surface area contributed by atoms with E-state index in [4.69, 9.17) is 4.74 Å². The van der Waals surface area contributed by atoms with Crippen LogP contribution >= 0.6 is 0 Å². The molecule has 0 fully saturated rings. The lowest BCUT2D eigenvalue weighted by Crippen LogP contribution is -2.34. The molecule has 0 unspecified atom stereocenters. The summed E-state index contributed by atoms with van der Waals surface area (Å²) in [4.78, 5) is 23.0. The molecule has 2 aromatic carbocycles. The number of carbonyl (C=O) groups is 2. The molecule has 0 atom stereocenters. The van der Waals surface area contributed by atoms with Gasteiger partial charge < -0.3 is 9.47 Å². The molecule has 2 rings (SSSR count). The molecule has 0 radical (unpaired) electrons. The molecule has 132 valence electrons. The number of Topliss-reactive ketones (excluding diaryl/α,β-unsaturated/α-hetero) is 1. The lowest BCUT2D eigenvalue weighted by Gasteiger charge is -2.15. The third-order valence-electron chi connectivity index (χ3n) is 3.37. The van der Waals surface area contributed by atoms with E-state index in [1.165, 1.54) is 12.1 Å². The van der Waals surface area contributed by atoms with Crippen molar-refractivity contribution in [1.82, 2.24) is 0 Å². The van der Waals surface area contributed by atoms with Gasteiger partial charge >= 0.3 is 17.7 Å². The van der Waals surface area contributed by atoms with Crippen molar-refractivity contribution in [1.29, 1.82) is 0 Å². The summed E-state index contributed by atoms with van der Waals surface area (Å²) in [6, 6.07) is 14.1. The molecule has 0 aliphatic carbocycles. The van der Waals surface area contributed by atoms with Gasteiger partial charge in [0.1, 0.15) is 12.4 Å². The smallest absolute Gasteiger partial charge is 0.381 e. The monoisotopic (exact) mass is 348 g/mol. The first kappa shape index (κ1) is 18.6. The van der Waals surface area contributed by atoms with E-state index in [0.717, 1.165) is 17.7 Å². The number of ketones is 1. The highest BCUT2D eigenvalue weighted by Crippen LogP contribution is 2.31. The maximum Gasteiger partial charge on any atom is 0.381 e. The molecular formula is C19H18F2O4. The Morgan fingerprint density at radius 2 is 1.64 bits per heavy atom. The molecule has 0 bridgehead atoms. The van der Waals surface area contributed by atoms with Crippen LogP contribution in [0.3, 0.4) is 0 Å². The zero-order valence-electron chi connectivity index (χ0n) is 13.7. The van der Waals surface area contributed by atoms with E-state index in [1.54, 1.807) is 6.92 Å². The van der Waals surface area contributed by atoms with Gasteiger partial charge in [-0.15, -0.1) is 0 Å². The summed E-state index contributed by atoms with van der Waals surface area (Å²) in [7, 11) is 0.